The summed E-state index contributed by atoms with van der Waals surface area (Å²) in [7, 11) is 0. The number of hydrogen-bond acceptors (Lipinski definition) is 3. The van der Waals surface area contributed by atoms with E-state index in [2.05, 4.69) is 48.0 Å². The Labute approximate surface area is 137 Å². The van der Waals surface area contributed by atoms with Gasteiger partial charge in [0.15, 0.2) is 0 Å². The molecule has 0 bridgehead atoms. The van der Waals surface area contributed by atoms with Gasteiger partial charge in [-0.3, -0.25) is 4.98 Å². The van der Waals surface area contributed by atoms with E-state index in [1.54, 1.807) is 0 Å². The lowest BCUT2D eigenvalue weighted by Crippen LogP contribution is -2.31. The fourth-order valence-electron chi connectivity index (χ4n) is 2.71. The van der Waals surface area contributed by atoms with Crippen molar-refractivity contribution >= 4 is 22.3 Å². The molecule has 3 rings (SSSR count). The molecule has 0 aliphatic rings. The molecule has 2 aromatic carbocycles. The molecule has 0 aliphatic carbocycles. The van der Waals surface area contributed by atoms with Crippen LogP contribution in [0.15, 0.2) is 66.9 Å². The number of benzene rings is 2. The van der Waals surface area contributed by atoms with Crippen LogP contribution in [0, 0.1) is 0 Å². The third-order valence-electron chi connectivity index (χ3n) is 3.82. The predicted molar refractivity (Wildman–Crippen MR) is 96.0 cm³/mol. The molecule has 0 N–H and O–H groups in total. The summed E-state index contributed by atoms with van der Waals surface area (Å²) in [4.78, 5) is 6.78. The van der Waals surface area contributed by atoms with Gasteiger partial charge in [-0.1, -0.05) is 43.3 Å². The molecule has 0 aliphatic heterocycles. The third kappa shape index (κ3) is 3.51. The van der Waals surface area contributed by atoms with Gasteiger partial charge in [0.1, 0.15) is 6.23 Å². The van der Waals surface area contributed by atoms with E-state index < -0.39 is 0 Å². The summed E-state index contributed by atoms with van der Waals surface area (Å²) in [5, 5.41) is 1.13. The second-order valence-corrected chi connectivity index (χ2v) is 5.56. The molecule has 1 atom stereocenters. The number of aromatic nitrogens is 1. The van der Waals surface area contributed by atoms with Crippen LogP contribution in [-0.4, -0.2) is 17.8 Å². The summed E-state index contributed by atoms with van der Waals surface area (Å²) < 4.78 is 5.97. The van der Waals surface area contributed by atoms with Crippen LogP contribution >= 0.6 is 0 Å². The second-order valence-electron chi connectivity index (χ2n) is 5.56. The van der Waals surface area contributed by atoms with Gasteiger partial charge in [0.05, 0.1) is 17.4 Å². The predicted octanol–water partition coefficient (Wildman–Crippen LogP) is 5.15. The van der Waals surface area contributed by atoms with Crippen LogP contribution in [0.5, 0.6) is 0 Å². The molecule has 1 unspecified atom stereocenters. The van der Waals surface area contributed by atoms with Gasteiger partial charge in [-0.2, -0.15) is 0 Å². The molecule has 0 amide bonds. The lowest BCUT2D eigenvalue weighted by Gasteiger charge is -2.31. The SMILES string of the molecule is CCCOC(C)N(c1ccccc1)c1cnc2ccccc2c1. The Morgan fingerprint density at radius 1 is 1.00 bits per heavy atom. The average molecular weight is 306 g/mol. The van der Waals surface area contributed by atoms with Crippen molar-refractivity contribution in [1.29, 1.82) is 0 Å². The normalized spacial score (nSPS) is 12.3. The summed E-state index contributed by atoms with van der Waals surface area (Å²) in [6, 6.07) is 20.7. The molecule has 3 nitrogen and oxygen atoms in total. The Hall–Kier alpha value is -2.39. The highest BCUT2D eigenvalue weighted by Gasteiger charge is 2.17. The first-order valence-electron chi connectivity index (χ1n) is 8.10. The summed E-state index contributed by atoms with van der Waals surface area (Å²) >= 11 is 0. The molecule has 118 valence electrons. The van der Waals surface area contributed by atoms with Gasteiger partial charge in [-0.05, 0) is 37.6 Å². The molecule has 0 radical (unpaired) electrons. The molecule has 23 heavy (non-hydrogen) atoms. The number of pyridine rings is 1. The zero-order chi connectivity index (χ0) is 16.1. The van der Waals surface area contributed by atoms with Crippen molar-refractivity contribution in [1.82, 2.24) is 4.98 Å². The van der Waals surface area contributed by atoms with Crippen molar-refractivity contribution in [3.63, 3.8) is 0 Å². The molecule has 0 saturated carbocycles. The van der Waals surface area contributed by atoms with E-state index in [0.717, 1.165) is 35.3 Å². The van der Waals surface area contributed by atoms with E-state index in [9.17, 15) is 0 Å². The Bertz CT molecular complexity index is 758. The number of hydrogen-bond donors (Lipinski definition) is 0. The van der Waals surface area contributed by atoms with Crippen LogP contribution in [0.2, 0.25) is 0 Å². The number of ether oxygens (including phenoxy) is 1. The van der Waals surface area contributed by atoms with E-state index in [1.165, 1.54) is 0 Å². The standard InChI is InChI=1S/C20H22N2O/c1-3-13-23-16(2)22(18-10-5-4-6-11-18)19-14-17-9-7-8-12-20(17)21-15-19/h4-12,14-16H,3,13H2,1-2H3. The fraction of sp³-hybridized carbons (Fsp3) is 0.250. The minimum Gasteiger partial charge on any atom is -0.358 e. The topological polar surface area (TPSA) is 25.4 Å². The maximum absolute atomic E-state index is 5.97. The van der Waals surface area contributed by atoms with Crippen molar-refractivity contribution in [3.05, 3.63) is 66.9 Å². The lowest BCUT2D eigenvalue weighted by molar-refractivity contribution is 0.0710. The van der Waals surface area contributed by atoms with E-state index in [-0.39, 0.29) is 6.23 Å². The second kappa shape index (κ2) is 7.25. The maximum atomic E-state index is 5.97. The quantitative estimate of drug-likeness (QED) is 0.589. The van der Waals surface area contributed by atoms with Crippen LogP contribution in [-0.2, 0) is 4.74 Å². The van der Waals surface area contributed by atoms with E-state index in [0.29, 0.717) is 0 Å². The van der Waals surface area contributed by atoms with Crippen molar-refractivity contribution < 1.29 is 4.74 Å². The van der Waals surface area contributed by atoms with Crippen LogP contribution in [0.4, 0.5) is 11.4 Å². The van der Waals surface area contributed by atoms with Gasteiger partial charge in [0, 0.05) is 17.7 Å². The molecule has 3 aromatic rings. The Morgan fingerprint density at radius 3 is 2.52 bits per heavy atom. The lowest BCUT2D eigenvalue weighted by atomic mass is 10.2. The van der Waals surface area contributed by atoms with Gasteiger partial charge in [0.25, 0.3) is 0 Å². The highest BCUT2D eigenvalue weighted by Crippen LogP contribution is 2.29. The molecular formula is C20H22N2O. The summed E-state index contributed by atoms with van der Waals surface area (Å²) in [5.74, 6) is 0. The van der Waals surface area contributed by atoms with Crippen LogP contribution in [0.1, 0.15) is 20.3 Å². The number of nitrogens with zero attached hydrogens (tertiary/aromatic N) is 2. The Morgan fingerprint density at radius 2 is 1.74 bits per heavy atom. The largest absolute Gasteiger partial charge is 0.358 e. The zero-order valence-electron chi connectivity index (χ0n) is 13.6. The number of para-hydroxylation sites is 2. The number of fused-ring (bicyclic) bond motifs is 1. The smallest absolute Gasteiger partial charge is 0.131 e. The first-order valence-corrected chi connectivity index (χ1v) is 8.10. The van der Waals surface area contributed by atoms with Crippen LogP contribution in [0.25, 0.3) is 10.9 Å². The van der Waals surface area contributed by atoms with Gasteiger partial charge >= 0.3 is 0 Å². The Kier molecular flexibility index (Phi) is 4.89. The summed E-state index contributed by atoms with van der Waals surface area (Å²) in [6.45, 7) is 4.94. The minimum absolute atomic E-state index is 0.0553. The average Bonchev–Trinajstić information content (AvgIpc) is 2.61. The number of rotatable bonds is 6. The minimum atomic E-state index is -0.0553. The molecule has 1 aromatic heterocycles. The molecule has 0 fully saturated rings. The van der Waals surface area contributed by atoms with Gasteiger partial charge in [0.2, 0.25) is 0 Å². The zero-order valence-corrected chi connectivity index (χ0v) is 13.6. The molecular weight excluding hydrogens is 284 g/mol. The van der Waals surface area contributed by atoms with Gasteiger partial charge in [-0.25, -0.2) is 0 Å². The Balaban J connectivity index is 2.02. The van der Waals surface area contributed by atoms with Crippen LogP contribution in [0.3, 0.4) is 0 Å². The monoisotopic (exact) mass is 306 g/mol. The van der Waals surface area contributed by atoms with Gasteiger partial charge < -0.3 is 9.64 Å². The van der Waals surface area contributed by atoms with E-state index in [1.807, 2.05) is 42.6 Å². The van der Waals surface area contributed by atoms with E-state index >= 15 is 0 Å². The maximum Gasteiger partial charge on any atom is 0.131 e. The van der Waals surface area contributed by atoms with Crippen molar-refractivity contribution in [2.75, 3.05) is 11.5 Å². The first kappa shape index (κ1) is 15.5. The van der Waals surface area contributed by atoms with Crippen LogP contribution < -0.4 is 4.90 Å². The molecule has 3 heteroatoms. The van der Waals surface area contributed by atoms with E-state index in [4.69, 9.17) is 4.74 Å². The summed E-state index contributed by atoms with van der Waals surface area (Å²) in [6.07, 6.45) is 2.87. The third-order valence-corrected chi connectivity index (χ3v) is 3.82. The highest BCUT2D eigenvalue weighted by molar-refractivity contribution is 5.83. The molecule has 1 heterocycles. The fourth-order valence-corrected chi connectivity index (χ4v) is 2.71. The molecule has 0 spiro atoms. The summed E-state index contributed by atoms with van der Waals surface area (Å²) in [5.41, 5.74) is 3.15. The van der Waals surface area contributed by atoms with Crippen molar-refractivity contribution in [3.8, 4) is 0 Å². The first-order chi connectivity index (χ1) is 11.3. The van der Waals surface area contributed by atoms with Crippen molar-refractivity contribution in [2.24, 2.45) is 0 Å². The number of anilines is 2. The van der Waals surface area contributed by atoms with Crippen molar-refractivity contribution in [2.45, 2.75) is 26.5 Å². The highest BCUT2D eigenvalue weighted by atomic mass is 16.5. The van der Waals surface area contributed by atoms with Gasteiger partial charge in [-0.15, -0.1) is 0 Å². The molecule has 0 saturated heterocycles.